The number of aromatic hydroxyl groups is 5. The van der Waals surface area contributed by atoms with Crippen LogP contribution in [0.1, 0.15) is 29.2 Å². The van der Waals surface area contributed by atoms with Gasteiger partial charge in [0.15, 0.2) is 17.3 Å². The highest BCUT2D eigenvalue weighted by atomic mass is 16.7. The Hall–Kier alpha value is -6.17. The molecule has 0 aliphatic carbocycles. The first-order chi connectivity index (χ1) is 28.5. The maximum atomic E-state index is 12.4. The van der Waals surface area contributed by atoms with E-state index in [-0.39, 0.29) is 34.3 Å². The van der Waals surface area contributed by atoms with Crippen LogP contribution in [-0.4, -0.2) is 153 Å². The van der Waals surface area contributed by atoms with Crippen LogP contribution < -0.4 is 4.74 Å². The van der Waals surface area contributed by atoms with Crippen LogP contribution >= 0.6 is 0 Å². The SMILES string of the molecule is O=C(O)CC(=O)OCC1OC(OC2=Cc3c(O)cc(OC4OC(COC(=O)C=Cc5ccc(O)c(O)c5)C(O)C(O)C4O)cc3[OH+]C2c2ccc(O)cc2)C(O)C(O)C1O. The molecule has 322 valence electrons. The van der Waals surface area contributed by atoms with Gasteiger partial charge in [-0.05, 0) is 48.0 Å². The second kappa shape index (κ2) is 18.4. The fourth-order valence-corrected chi connectivity index (χ4v) is 6.28. The minimum Gasteiger partial charge on any atom is -0.571 e. The second-order valence-corrected chi connectivity index (χ2v) is 13.8. The lowest BCUT2D eigenvalue weighted by Crippen LogP contribution is -2.60. The molecular weight excluding hydrogens is 804 g/mol. The Labute approximate surface area is 338 Å². The summed E-state index contributed by atoms with van der Waals surface area (Å²) in [6.07, 6.45) is -15.9. The maximum absolute atomic E-state index is 12.4. The highest BCUT2D eigenvalue weighted by molar-refractivity contribution is 5.90. The standard InChI is InChI=1S/C39H40O21/c40-18-5-3-17(4-6-18)37-25(58-39-36(53)34(51)32(49)27(60-39)15-55-30(47)13-28(44)45)12-20-22(42)10-19(11-24(20)57-37)56-38-35(52)33(50)31(48)26(59-38)14-54-29(46)8-2-16-1-7-21(41)23(43)9-16/h1-12,26-27,31-43,48-53H,13-15H2,(H,44,45)/p+1. The number of fused-ring (bicyclic) bond motifs is 1. The molecule has 6 rings (SSSR count). The van der Waals surface area contributed by atoms with Crippen LogP contribution in [0.2, 0.25) is 0 Å². The van der Waals surface area contributed by atoms with E-state index in [9.17, 15) is 65.4 Å². The average Bonchev–Trinajstić information content (AvgIpc) is 3.20. The molecular formula is C39H41O21+. The van der Waals surface area contributed by atoms with Gasteiger partial charge in [0.1, 0.15) is 91.3 Å². The highest BCUT2D eigenvalue weighted by Gasteiger charge is 2.48. The Bertz CT molecular complexity index is 2100. The summed E-state index contributed by atoms with van der Waals surface area (Å²) in [5.41, 5.74) is 0.761. The number of esters is 2. The molecule has 3 aromatic rings. The van der Waals surface area contributed by atoms with Gasteiger partial charge in [-0.25, -0.2) is 4.79 Å². The van der Waals surface area contributed by atoms with Crippen molar-refractivity contribution in [1.29, 1.82) is 0 Å². The highest BCUT2D eigenvalue weighted by Crippen LogP contribution is 2.46. The Balaban J connectivity index is 1.19. The van der Waals surface area contributed by atoms with Crippen molar-refractivity contribution in [2.75, 3.05) is 13.2 Å². The molecule has 12 N–H and O–H groups in total. The summed E-state index contributed by atoms with van der Waals surface area (Å²) in [7, 11) is 0. The number of carbonyl (C=O) groups is 3. The minimum absolute atomic E-state index is 0.0262. The van der Waals surface area contributed by atoms with Crippen molar-refractivity contribution in [3.8, 4) is 34.5 Å². The van der Waals surface area contributed by atoms with Crippen LogP contribution in [0.25, 0.3) is 12.2 Å². The van der Waals surface area contributed by atoms with E-state index in [2.05, 4.69) is 4.74 Å². The van der Waals surface area contributed by atoms with Crippen LogP contribution in [0, 0.1) is 0 Å². The number of hydrogen-bond donors (Lipinski definition) is 11. The number of carboxylic acids is 1. The smallest absolute Gasteiger partial charge is 0.330 e. The van der Waals surface area contributed by atoms with Crippen LogP contribution in [0.3, 0.4) is 0 Å². The van der Waals surface area contributed by atoms with Gasteiger partial charge in [0.05, 0.1) is 11.6 Å². The average molecular weight is 846 g/mol. The molecule has 2 fully saturated rings. The molecule has 0 amide bonds. The van der Waals surface area contributed by atoms with Gasteiger partial charge in [0.2, 0.25) is 12.6 Å². The summed E-state index contributed by atoms with van der Waals surface area (Å²) < 4.78 is 37.7. The van der Waals surface area contributed by atoms with E-state index in [4.69, 9.17) is 33.5 Å². The number of ether oxygens (including phenoxy) is 7. The summed E-state index contributed by atoms with van der Waals surface area (Å²) in [5, 5.41) is 113. The monoisotopic (exact) mass is 845 g/mol. The molecule has 0 radical (unpaired) electrons. The maximum Gasteiger partial charge on any atom is 0.330 e. The first-order valence-electron chi connectivity index (χ1n) is 18.0. The molecule has 21 heteroatoms. The molecule has 21 nitrogen and oxygen atoms in total. The van der Waals surface area contributed by atoms with E-state index in [0.717, 1.165) is 12.1 Å². The molecule has 0 spiro atoms. The van der Waals surface area contributed by atoms with Gasteiger partial charge in [-0.2, -0.15) is 0 Å². The number of aliphatic hydroxyl groups excluding tert-OH is 6. The molecule has 3 heterocycles. The summed E-state index contributed by atoms with van der Waals surface area (Å²) in [5.74, 6) is -5.10. The predicted molar refractivity (Wildman–Crippen MR) is 197 cm³/mol. The van der Waals surface area contributed by atoms with E-state index in [0.29, 0.717) is 11.1 Å². The Morgan fingerprint density at radius 1 is 0.683 bits per heavy atom. The number of phenols is 4. The van der Waals surface area contributed by atoms with Gasteiger partial charge in [0.25, 0.3) is 11.9 Å². The third-order valence-corrected chi connectivity index (χ3v) is 9.49. The van der Waals surface area contributed by atoms with Crippen LogP contribution in [-0.2, 0) is 38.1 Å². The fourth-order valence-electron chi connectivity index (χ4n) is 6.28. The molecule has 0 aromatic heterocycles. The van der Waals surface area contributed by atoms with Crippen molar-refractivity contribution in [1.82, 2.24) is 0 Å². The quantitative estimate of drug-likeness (QED) is 0.0327. The lowest BCUT2D eigenvalue weighted by atomic mass is 9.98. The predicted octanol–water partition coefficient (Wildman–Crippen LogP) is -0.869. The van der Waals surface area contributed by atoms with Crippen LogP contribution in [0.4, 0.5) is 0 Å². The second-order valence-electron chi connectivity index (χ2n) is 13.8. The number of carbonyl (C=O) groups excluding carboxylic acids is 2. The first kappa shape index (κ1) is 43.4. The fraction of sp³-hybridized carbons (Fsp3) is 0.359. The molecule has 0 saturated carbocycles. The van der Waals surface area contributed by atoms with Crippen molar-refractivity contribution in [3.05, 3.63) is 83.1 Å². The number of aliphatic hydroxyl groups is 7. The number of benzene rings is 3. The third-order valence-electron chi connectivity index (χ3n) is 9.49. The van der Waals surface area contributed by atoms with Crippen molar-refractivity contribution >= 4 is 30.1 Å². The van der Waals surface area contributed by atoms with Crippen molar-refractivity contribution < 1.29 is 104 Å². The number of phenolic OH excluding ortho intramolecular Hbond substituents is 4. The lowest BCUT2D eigenvalue weighted by Gasteiger charge is -2.40. The summed E-state index contributed by atoms with van der Waals surface area (Å²) in [4.78, 5) is 35.0. The van der Waals surface area contributed by atoms with E-state index in [1.54, 1.807) is 0 Å². The molecule has 0 bridgehead atoms. The van der Waals surface area contributed by atoms with Gasteiger partial charge in [0, 0.05) is 18.2 Å². The Kier molecular flexibility index (Phi) is 13.3. The normalized spacial score (nSPS) is 28.8. The summed E-state index contributed by atoms with van der Waals surface area (Å²) >= 11 is 0. The van der Waals surface area contributed by atoms with Gasteiger partial charge in [-0.15, -0.1) is 0 Å². The lowest BCUT2D eigenvalue weighted by molar-refractivity contribution is -0.296. The van der Waals surface area contributed by atoms with Gasteiger partial charge in [-0.3, -0.25) is 9.59 Å². The molecule has 3 aromatic carbocycles. The van der Waals surface area contributed by atoms with Gasteiger partial charge >= 0.3 is 17.9 Å². The Morgan fingerprint density at radius 3 is 1.92 bits per heavy atom. The number of aliphatic carboxylic acids is 1. The minimum atomic E-state index is -1.89. The van der Waals surface area contributed by atoms with E-state index in [1.807, 2.05) is 0 Å². The molecule has 60 heavy (non-hydrogen) atoms. The zero-order chi connectivity index (χ0) is 43.4. The third kappa shape index (κ3) is 9.98. The van der Waals surface area contributed by atoms with E-state index in [1.165, 1.54) is 60.7 Å². The Morgan fingerprint density at radius 2 is 1.30 bits per heavy atom. The van der Waals surface area contributed by atoms with Crippen molar-refractivity contribution in [2.45, 2.75) is 73.9 Å². The van der Waals surface area contributed by atoms with Crippen LogP contribution in [0.15, 0.2) is 66.4 Å². The van der Waals surface area contributed by atoms with Gasteiger partial charge < -0.3 is 89.3 Å². The van der Waals surface area contributed by atoms with E-state index < -0.39 is 117 Å². The number of carboxylic acid groups (broad SMARTS) is 1. The molecule has 3 aliphatic heterocycles. The van der Waals surface area contributed by atoms with Crippen molar-refractivity contribution in [3.63, 3.8) is 0 Å². The molecule has 3 aliphatic rings. The first-order valence-corrected chi connectivity index (χ1v) is 18.0. The summed E-state index contributed by atoms with van der Waals surface area (Å²) in [6.45, 7) is -1.34. The summed E-state index contributed by atoms with van der Waals surface area (Å²) in [6, 6.07) is 11.9. The number of rotatable bonds is 13. The van der Waals surface area contributed by atoms with Gasteiger partial charge in [-0.1, -0.05) is 6.07 Å². The molecule has 11 atom stereocenters. The zero-order valence-corrected chi connectivity index (χ0v) is 30.9. The topological polar surface area (TPSA) is 342 Å². The van der Waals surface area contributed by atoms with E-state index >= 15 is 0 Å². The molecule has 2 saturated heterocycles. The van der Waals surface area contributed by atoms with Crippen molar-refractivity contribution in [2.24, 2.45) is 0 Å². The number of hydrogen-bond acceptors (Lipinski definition) is 19. The largest absolute Gasteiger partial charge is 0.571 e. The van der Waals surface area contributed by atoms with Crippen LogP contribution in [0.5, 0.6) is 34.5 Å². The molecule has 11 unspecified atom stereocenters. The zero-order valence-electron chi connectivity index (χ0n) is 30.9.